The summed E-state index contributed by atoms with van der Waals surface area (Å²) in [6.45, 7) is 4.15. The molecule has 5 heteroatoms. The van der Waals surface area contributed by atoms with Crippen molar-refractivity contribution in [2.45, 2.75) is 32.1 Å². The van der Waals surface area contributed by atoms with E-state index in [0.29, 0.717) is 5.92 Å². The third kappa shape index (κ3) is 3.92. The lowest BCUT2D eigenvalue weighted by Gasteiger charge is -2.33. The topological polar surface area (TPSA) is 44.8 Å². The van der Waals surface area contributed by atoms with Crippen LogP contribution in [0.1, 0.15) is 47.1 Å². The summed E-state index contributed by atoms with van der Waals surface area (Å²) in [5.41, 5.74) is 9.57. The van der Waals surface area contributed by atoms with Gasteiger partial charge in [0.05, 0.1) is 11.4 Å². The molecule has 3 heterocycles. The summed E-state index contributed by atoms with van der Waals surface area (Å²) in [4.78, 5) is 15.8. The molecule has 1 fully saturated rings. The van der Waals surface area contributed by atoms with Crippen LogP contribution in [0, 0.1) is 6.92 Å². The Hall–Kier alpha value is -3.37. The molecule has 1 aliphatic heterocycles. The number of aromatic amines is 1. The van der Waals surface area contributed by atoms with Crippen LogP contribution in [0.3, 0.4) is 0 Å². The van der Waals surface area contributed by atoms with E-state index in [1.165, 1.54) is 28.0 Å². The highest BCUT2D eigenvalue weighted by molar-refractivity contribution is 6.30. The summed E-state index contributed by atoms with van der Waals surface area (Å²) in [6.07, 6.45) is 7.29. The largest absolute Gasteiger partial charge is 0.371 e. The summed E-state index contributed by atoms with van der Waals surface area (Å²) in [6, 6.07) is 20.7. The minimum absolute atomic E-state index is 0.458. The van der Waals surface area contributed by atoms with Crippen molar-refractivity contribution < 1.29 is 0 Å². The number of fused-ring (bicyclic) bond motifs is 1. The maximum absolute atomic E-state index is 6.24. The van der Waals surface area contributed by atoms with Gasteiger partial charge in [-0.25, -0.2) is 4.98 Å². The number of hydrogen-bond acceptors (Lipinski definition) is 3. The van der Waals surface area contributed by atoms with Gasteiger partial charge in [0.1, 0.15) is 5.82 Å². The van der Waals surface area contributed by atoms with Gasteiger partial charge in [-0.3, -0.25) is 4.98 Å². The lowest BCUT2D eigenvalue weighted by Crippen LogP contribution is -2.33. The molecular weight excluding hydrogens is 440 g/mol. The highest BCUT2D eigenvalue weighted by Gasteiger charge is 2.27. The molecular formula is C29H27ClN4. The van der Waals surface area contributed by atoms with Crippen molar-refractivity contribution in [1.29, 1.82) is 0 Å². The number of pyridine rings is 1. The minimum Gasteiger partial charge on any atom is -0.371 e. The zero-order chi connectivity index (χ0) is 23.1. The quantitative estimate of drug-likeness (QED) is 0.355. The van der Waals surface area contributed by atoms with Crippen LogP contribution in [0.25, 0.3) is 22.9 Å². The lowest BCUT2D eigenvalue weighted by atomic mass is 9.95. The molecule has 34 heavy (non-hydrogen) atoms. The zero-order valence-corrected chi connectivity index (χ0v) is 20.0. The molecule has 0 unspecified atom stereocenters. The first-order valence-corrected chi connectivity index (χ1v) is 12.3. The summed E-state index contributed by atoms with van der Waals surface area (Å²) < 4.78 is 0. The number of nitrogens with zero attached hydrogens (tertiary/aromatic N) is 3. The smallest absolute Gasteiger partial charge is 0.110 e. The van der Waals surface area contributed by atoms with Gasteiger partial charge in [0, 0.05) is 59.2 Å². The lowest BCUT2D eigenvalue weighted by molar-refractivity contribution is 0.488. The maximum atomic E-state index is 6.24. The maximum Gasteiger partial charge on any atom is 0.110 e. The van der Waals surface area contributed by atoms with Crippen LogP contribution in [0.2, 0.25) is 5.02 Å². The molecule has 1 aliphatic carbocycles. The molecule has 6 rings (SSSR count). The van der Waals surface area contributed by atoms with Crippen molar-refractivity contribution in [1.82, 2.24) is 15.0 Å². The van der Waals surface area contributed by atoms with Gasteiger partial charge in [-0.1, -0.05) is 54.1 Å². The molecule has 2 aliphatic rings. The Kier molecular flexibility index (Phi) is 5.46. The molecule has 2 aromatic heterocycles. The standard InChI is InChI=1S/C29H27ClN4/c1-19-28(20-6-3-2-4-7-20)33-29(32-19)21-11-14-34(15-12-21)27-10-13-31-26-18-23(17-25(26)27)22-8-5-9-24(30)16-22/h2-10,13,16-17,21H,11-12,14-15,18H2,1H3,(H,32,33). The monoisotopic (exact) mass is 466 g/mol. The van der Waals surface area contributed by atoms with Gasteiger partial charge >= 0.3 is 0 Å². The number of rotatable bonds is 4. The molecule has 0 radical (unpaired) electrons. The summed E-state index contributed by atoms with van der Waals surface area (Å²) in [5, 5.41) is 0.771. The second kappa shape index (κ2) is 8.77. The van der Waals surface area contributed by atoms with Crippen molar-refractivity contribution in [3.05, 3.63) is 100 Å². The summed E-state index contributed by atoms with van der Waals surface area (Å²) >= 11 is 6.24. The molecule has 0 saturated carbocycles. The van der Waals surface area contributed by atoms with E-state index in [1.54, 1.807) is 0 Å². The molecule has 1 saturated heterocycles. The number of H-pyrrole nitrogens is 1. The number of benzene rings is 2. The number of allylic oxidation sites excluding steroid dienone is 1. The first-order valence-electron chi connectivity index (χ1n) is 12.0. The van der Waals surface area contributed by atoms with Crippen molar-refractivity contribution in [2.24, 2.45) is 0 Å². The SMILES string of the molecule is Cc1[nH]c(C2CCN(c3ccnc4c3C=C(c3cccc(Cl)c3)C4)CC2)nc1-c1ccccc1. The van der Waals surface area contributed by atoms with E-state index >= 15 is 0 Å². The third-order valence-electron chi connectivity index (χ3n) is 7.09. The van der Waals surface area contributed by atoms with Crippen LogP contribution in [0.15, 0.2) is 66.9 Å². The van der Waals surface area contributed by atoms with Crippen molar-refractivity contribution in [3.8, 4) is 11.3 Å². The fraction of sp³-hybridized carbons (Fsp3) is 0.241. The molecule has 4 aromatic rings. The number of imidazole rings is 1. The highest BCUT2D eigenvalue weighted by Crippen LogP contribution is 2.39. The molecule has 170 valence electrons. The molecule has 2 aromatic carbocycles. The highest BCUT2D eigenvalue weighted by atomic mass is 35.5. The number of halogens is 1. The molecule has 4 nitrogen and oxygen atoms in total. The van der Waals surface area contributed by atoms with E-state index in [-0.39, 0.29) is 0 Å². The fourth-order valence-electron chi connectivity index (χ4n) is 5.31. The fourth-order valence-corrected chi connectivity index (χ4v) is 5.50. The van der Waals surface area contributed by atoms with E-state index in [0.717, 1.165) is 60.3 Å². The van der Waals surface area contributed by atoms with Crippen LogP contribution in [-0.2, 0) is 6.42 Å². The molecule has 0 spiro atoms. The van der Waals surface area contributed by atoms with Crippen molar-refractivity contribution >= 4 is 28.9 Å². The molecule has 1 N–H and O–H groups in total. The van der Waals surface area contributed by atoms with Crippen LogP contribution in [-0.4, -0.2) is 28.0 Å². The Labute approximate surface area is 205 Å². The predicted octanol–water partition coefficient (Wildman–Crippen LogP) is 6.91. The Morgan fingerprint density at radius 1 is 0.971 bits per heavy atom. The van der Waals surface area contributed by atoms with Gasteiger partial charge in [0.2, 0.25) is 0 Å². The van der Waals surface area contributed by atoms with E-state index in [9.17, 15) is 0 Å². The number of aromatic nitrogens is 3. The van der Waals surface area contributed by atoms with Crippen LogP contribution in [0.4, 0.5) is 5.69 Å². The van der Waals surface area contributed by atoms with Crippen molar-refractivity contribution in [3.63, 3.8) is 0 Å². The average Bonchev–Trinajstić information content (AvgIpc) is 3.48. The first-order chi connectivity index (χ1) is 16.7. The number of hydrogen-bond donors (Lipinski definition) is 1. The van der Waals surface area contributed by atoms with Crippen LogP contribution < -0.4 is 4.90 Å². The van der Waals surface area contributed by atoms with Gasteiger partial charge in [-0.15, -0.1) is 0 Å². The van der Waals surface area contributed by atoms with Gasteiger partial charge in [-0.2, -0.15) is 0 Å². The van der Waals surface area contributed by atoms with E-state index < -0.39 is 0 Å². The molecule has 0 amide bonds. The number of nitrogens with one attached hydrogen (secondary N) is 1. The first kappa shape index (κ1) is 21.2. The minimum atomic E-state index is 0.458. The zero-order valence-electron chi connectivity index (χ0n) is 19.3. The Bertz CT molecular complexity index is 1360. The second-order valence-electron chi connectivity index (χ2n) is 9.27. The normalized spacial score (nSPS) is 15.9. The molecule has 0 atom stereocenters. The number of piperidine rings is 1. The Morgan fingerprint density at radius 3 is 2.56 bits per heavy atom. The van der Waals surface area contributed by atoms with Gasteiger partial charge in [0.25, 0.3) is 0 Å². The Morgan fingerprint density at radius 2 is 1.76 bits per heavy atom. The number of aryl methyl sites for hydroxylation is 1. The van der Waals surface area contributed by atoms with Gasteiger partial charge in [-0.05, 0) is 55.2 Å². The average molecular weight is 467 g/mol. The number of anilines is 1. The molecule has 0 bridgehead atoms. The van der Waals surface area contributed by atoms with Gasteiger partial charge < -0.3 is 9.88 Å². The van der Waals surface area contributed by atoms with E-state index in [1.807, 2.05) is 30.5 Å². The summed E-state index contributed by atoms with van der Waals surface area (Å²) in [7, 11) is 0. The van der Waals surface area contributed by atoms with E-state index in [4.69, 9.17) is 16.6 Å². The van der Waals surface area contributed by atoms with Gasteiger partial charge in [0.15, 0.2) is 0 Å². The van der Waals surface area contributed by atoms with Crippen LogP contribution in [0.5, 0.6) is 0 Å². The van der Waals surface area contributed by atoms with E-state index in [2.05, 4.69) is 64.3 Å². The second-order valence-corrected chi connectivity index (χ2v) is 9.71. The van der Waals surface area contributed by atoms with Crippen LogP contribution >= 0.6 is 11.6 Å². The Balaban J connectivity index is 1.20. The summed E-state index contributed by atoms with van der Waals surface area (Å²) in [5.74, 6) is 1.58. The third-order valence-corrected chi connectivity index (χ3v) is 7.33. The predicted molar refractivity (Wildman–Crippen MR) is 140 cm³/mol. The van der Waals surface area contributed by atoms with Crippen molar-refractivity contribution in [2.75, 3.05) is 18.0 Å².